The fourth-order valence-electron chi connectivity index (χ4n) is 3.54. The molecule has 0 N–H and O–H groups in total. The molecule has 2 aromatic carbocycles. The van der Waals surface area contributed by atoms with Crippen molar-refractivity contribution in [3.63, 3.8) is 0 Å². The van der Waals surface area contributed by atoms with E-state index in [1.165, 1.54) is 11.1 Å². The lowest BCUT2D eigenvalue weighted by molar-refractivity contribution is 0.835. The Morgan fingerprint density at radius 2 is 1.07 bits per heavy atom. The van der Waals surface area contributed by atoms with Gasteiger partial charge >= 0.3 is 0 Å². The van der Waals surface area contributed by atoms with Gasteiger partial charge in [0.1, 0.15) is 0 Å². The summed E-state index contributed by atoms with van der Waals surface area (Å²) < 4.78 is 0. The van der Waals surface area contributed by atoms with Crippen molar-refractivity contribution in [3.05, 3.63) is 88.2 Å². The molecule has 154 valence electrons. The zero-order valence-electron chi connectivity index (χ0n) is 18.8. The second-order valence-corrected chi connectivity index (χ2v) is 8.34. The topological polar surface area (TPSA) is 37.6 Å². The van der Waals surface area contributed by atoms with Crippen molar-refractivity contribution in [2.24, 2.45) is 9.98 Å². The molecule has 0 saturated heterocycles. The van der Waals surface area contributed by atoms with E-state index >= 15 is 0 Å². The highest BCUT2D eigenvalue weighted by molar-refractivity contribution is 5.85. The molecule has 3 rings (SSSR count). The number of aromatic nitrogens is 1. The Labute approximate surface area is 180 Å². The summed E-state index contributed by atoms with van der Waals surface area (Å²) in [7, 11) is 0. The highest BCUT2D eigenvalue weighted by Crippen LogP contribution is 2.34. The van der Waals surface area contributed by atoms with Crippen LogP contribution in [0.4, 0.5) is 11.4 Å². The van der Waals surface area contributed by atoms with Crippen LogP contribution in [-0.4, -0.2) is 17.4 Å². The minimum Gasteiger partial charge on any atom is -0.254 e. The molecular weight excluding hydrogens is 366 g/mol. The third-order valence-electron chi connectivity index (χ3n) is 5.23. The zero-order chi connectivity index (χ0) is 21.7. The first-order valence-electron chi connectivity index (χ1n) is 10.6. The predicted molar refractivity (Wildman–Crippen MR) is 129 cm³/mol. The van der Waals surface area contributed by atoms with E-state index in [1.807, 2.05) is 30.6 Å². The first kappa shape index (κ1) is 21.6. The van der Waals surface area contributed by atoms with Gasteiger partial charge in [-0.2, -0.15) is 0 Å². The maximum atomic E-state index is 4.87. The first-order chi connectivity index (χ1) is 14.4. The Kier molecular flexibility index (Phi) is 6.94. The maximum Gasteiger partial charge on any atom is 0.0820 e. The van der Waals surface area contributed by atoms with Crippen molar-refractivity contribution < 1.29 is 0 Å². The summed E-state index contributed by atoms with van der Waals surface area (Å²) in [6, 6.07) is 18.6. The molecule has 0 saturated carbocycles. The van der Waals surface area contributed by atoms with Crippen LogP contribution < -0.4 is 0 Å². The second kappa shape index (κ2) is 9.62. The Hall–Kier alpha value is -3.07. The third-order valence-corrected chi connectivity index (χ3v) is 5.23. The number of hydrogen-bond donors (Lipinski definition) is 0. The van der Waals surface area contributed by atoms with E-state index in [4.69, 9.17) is 9.98 Å². The Morgan fingerprint density at radius 1 is 0.633 bits per heavy atom. The highest BCUT2D eigenvalue weighted by atomic mass is 14.8. The quantitative estimate of drug-likeness (QED) is 0.398. The molecule has 0 spiro atoms. The number of nitrogens with zero attached hydrogens (tertiary/aromatic N) is 3. The number of pyridine rings is 1. The van der Waals surface area contributed by atoms with E-state index in [1.54, 1.807) is 0 Å². The molecule has 0 unspecified atom stereocenters. The summed E-state index contributed by atoms with van der Waals surface area (Å²) in [5.41, 5.74) is 8.59. The zero-order valence-corrected chi connectivity index (χ0v) is 18.8. The summed E-state index contributed by atoms with van der Waals surface area (Å²) >= 11 is 0. The highest BCUT2D eigenvalue weighted by Gasteiger charge is 2.12. The fraction of sp³-hybridized carbons (Fsp3) is 0.296. The number of rotatable bonds is 6. The van der Waals surface area contributed by atoms with Crippen molar-refractivity contribution in [3.8, 4) is 0 Å². The SMILES string of the molecule is Cc1cccc(C)c1/N=C/c1cccc(/C=N/c2c(C(C)C)cccc2C(C)C)n1. The molecule has 0 radical (unpaired) electrons. The van der Waals surface area contributed by atoms with E-state index in [0.717, 1.165) is 33.9 Å². The van der Waals surface area contributed by atoms with Gasteiger partial charge in [-0.15, -0.1) is 0 Å². The molecule has 1 heterocycles. The van der Waals surface area contributed by atoms with Crippen LogP contribution >= 0.6 is 0 Å². The predicted octanol–water partition coefficient (Wildman–Crippen LogP) is 7.45. The van der Waals surface area contributed by atoms with E-state index in [-0.39, 0.29) is 0 Å². The van der Waals surface area contributed by atoms with Gasteiger partial charge in [0.25, 0.3) is 0 Å². The van der Waals surface area contributed by atoms with E-state index in [0.29, 0.717) is 11.8 Å². The smallest absolute Gasteiger partial charge is 0.0820 e. The van der Waals surface area contributed by atoms with Crippen LogP contribution in [0.25, 0.3) is 0 Å². The molecule has 0 fully saturated rings. The number of benzene rings is 2. The third kappa shape index (κ3) is 5.10. The van der Waals surface area contributed by atoms with Crippen LogP contribution in [0, 0.1) is 13.8 Å². The van der Waals surface area contributed by atoms with Gasteiger partial charge < -0.3 is 0 Å². The molecule has 30 heavy (non-hydrogen) atoms. The van der Waals surface area contributed by atoms with Gasteiger partial charge in [0.15, 0.2) is 0 Å². The van der Waals surface area contributed by atoms with Crippen molar-refractivity contribution in [1.29, 1.82) is 0 Å². The minimum atomic E-state index is 0.416. The summed E-state index contributed by atoms with van der Waals surface area (Å²) in [5.74, 6) is 0.833. The second-order valence-electron chi connectivity index (χ2n) is 8.34. The summed E-state index contributed by atoms with van der Waals surface area (Å²) in [6.45, 7) is 13.0. The average Bonchev–Trinajstić information content (AvgIpc) is 2.71. The summed E-state index contributed by atoms with van der Waals surface area (Å²) in [4.78, 5) is 14.3. The lowest BCUT2D eigenvalue weighted by Crippen LogP contribution is -1.97. The van der Waals surface area contributed by atoms with Crippen LogP contribution in [0.3, 0.4) is 0 Å². The van der Waals surface area contributed by atoms with Gasteiger partial charge in [0.05, 0.1) is 35.2 Å². The monoisotopic (exact) mass is 397 g/mol. The van der Waals surface area contributed by atoms with Crippen molar-refractivity contribution in [2.75, 3.05) is 0 Å². The molecule has 3 aromatic rings. The number of aryl methyl sites for hydroxylation is 2. The molecule has 1 aromatic heterocycles. The van der Waals surface area contributed by atoms with Gasteiger partial charge in [0, 0.05) is 0 Å². The van der Waals surface area contributed by atoms with Crippen LogP contribution in [0.1, 0.15) is 73.2 Å². The molecule has 0 aliphatic heterocycles. The lowest BCUT2D eigenvalue weighted by atomic mass is 9.93. The van der Waals surface area contributed by atoms with Gasteiger partial charge in [-0.1, -0.05) is 70.2 Å². The first-order valence-corrected chi connectivity index (χ1v) is 10.6. The molecule has 0 bridgehead atoms. The molecule has 3 nitrogen and oxygen atoms in total. The number of aliphatic imine (C=N–C) groups is 2. The van der Waals surface area contributed by atoms with Crippen molar-refractivity contribution in [1.82, 2.24) is 4.98 Å². The fourth-order valence-corrected chi connectivity index (χ4v) is 3.54. The van der Waals surface area contributed by atoms with Crippen molar-refractivity contribution in [2.45, 2.75) is 53.4 Å². The average molecular weight is 398 g/mol. The van der Waals surface area contributed by atoms with Crippen LogP contribution in [0.15, 0.2) is 64.6 Å². The molecular formula is C27H31N3. The van der Waals surface area contributed by atoms with E-state index < -0.39 is 0 Å². The standard InChI is InChI=1S/C27H31N3/c1-18(2)24-14-9-15-25(19(3)4)27(24)29-17-23-13-8-12-22(30-23)16-28-26-20(5)10-7-11-21(26)6/h7-19H,1-6H3/b28-16+,29-17+. The van der Waals surface area contributed by atoms with Crippen molar-refractivity contribution >= 4 is 23.8 Å². The van der Waals surface area contributed by atoms with Crippen LogP contribution in [-0.2, 0) is 0 Å². The Bertz CT molecular complexity index is 1030. The van der Waals surface area contributed by atoms with Crippen LogP contribution in [0.2, 0.25) is 0 Å². The van der Waals surface area contributed by atoms with E-state index in [9.17, 15) is 0 Å². The van der Waals surface area contributed by atoms with Gasteiger partial charge in [-0.05, 0) is 60.1 Å². The largest absolute Gasteiger partial charge is 0.254 e. The lowest BCUT2D eigenvalue weighted by Gasteiger charge is -2.16. The van der Waals surface area contributed by atoms with Gasteiger partial charge in [0.2, 0.25) is 0 Å². The maximum absolute atomic E-state index is 4.87. The van der Waals surface area contributed by atoms with E-state index in [2.05, 4.69) is 82.9 Å². The number of para-hydroxylation sites is 2. The number of hydrogen-bond acceptors (Lipinski definition) is 3. The summed E-state index contributed by atoms with van der Waals surface area (Å²) in [6.07, 6.45) is 3.69. The normalized spacial score (nSPS) is 12.0. The molecule has 0 atom stereocenters. The molecule has 0 amide bonds. The Balaban J connectivity index is 1.91. The van der Waals surface area contributed by atoms with Gasteiger partial charge in [-0.25, -0.2) is 4.98 Å². The molecule has 3 heteroatoms. The van der Waals surface area contributed by atoms with Crippen LogP contribution in [0.5, 0.6) is 0 Å². The summed E-state index contributed by atoms with van der Waals surface area (Å²) in [5, 5.41) is 0. The van der Waals surface area contributed by atoms with Gasteiger partial charge in [-0.3, -0.25) is 9.98 Å². The molecule has 0 aliphatic rings. The minimum absolute atomic E-state index is 0.416. The molecule has 0 aliphatic carbocycles. The Morgan fingerprint density at radius 3 is 1.57 bits per heavy atom.